The van der Waals surface area contributed by atoms with Gasteiger partial charge in [0.2, 0.25) is 0 Å². The van der Waals surface area contributed by atoms with Crippen molar-refractivity contribution < 1.29 is 90.4 Å². The summed E-state index contributed by atoms with van der Waals surface area (Å²) >= 11 is 0. The zero-order valence-corrected chi connectivity index (χ0v) is 14.1. The van der Waals surface area contributed by atoms with Gasteiger partial charge in [0.1, 0.15) is 0 Å². The zero-order valence-electron chi connectivity index (χ0n) is 12.5. The Bertz CT molecular complexity index is 767. The molecule has 0 heterocycles. The summed E-state index contributed by atoms with van der Waals surface area (Å²) < 4.78 is 209. The minimum absolute atomic E-state index is 2.11. The maximum Gasteiger partial charge on any atom is 0.762 e. The fourth-order valence-electron chi connectivity index (χ4n) is 0.379. The maximum atomic E-state index is 11.8. The lowest BCUT2D eigenvalue weighted by Crippen LogP contribution is -2.24. The normalized spacial score (nSPS) is 10.6. The van der Waals surface area contributed by atoms with Crippen LogP contribution in [0.15, 0.2) is 23.8 Å². The summed E-state index contributed by atoms with van der Waals surface area (Å²) in [5, 5.41) is 0. The topological polar surface area (TPSA) is 94.6 Å². The van der Waals surface area contributed by atoms with Crippen molar-refractivity contribution in [3.05, 3.63) is 23.8 Å². The Morgan fingerprint density at radius 1 is 0.733 bits per heavy atom. The first-order valence-electron chi connectivity index (χ1n) is 5.09. The Morgan fingerprint density at radius 2 is 0.967 bits per heavy atom. The second-order valence-electron chi connectivity index (χ2n) is 3.09. The first-order valence-corrected chi connectivity index (χ1v) is 7.40. The smallest absolute Gasteiger partial charge is 0.254 e. The molecule has 0 radical (unpaired) electrons. The summed E-state index contributed by atoms with van der Waals surface area (Å²) in [6.45, 7) is 0. The van der Waals surface area contributed by atoms with Crippen molar-refractivity contribution in [2.45, 2.75) is 12.3 Å². The molecule has 0 fully saturated rings. The molecule has 0 atom stereocenters. The third-order valence-electron chi connectivity index (χ3n) is 1.04. The summed E-state index contributed by atoms with van der Waals surface area (Å²) in [7, 11) is -13.0. The van der Waals surface area contributed by atoms with Gasteiger partial charge in [-0.25, -0.2) is 0 Å². The molecule has 0 rings (SSSR count). The van der Waals surface area contributed by atoms with Crippen LogP contribution in [0.25, 0.3) is 0 Å². The van der Waals surface area contributed by atoms with Gasteiger partial charge < -0.3 is 0 Å². The van der Waals surface area contributed by atoms with Gasteiger partial charge in [0.25, 0.3) is 11.7 Å². The molecule has 0 bridgehead atoms. The molecule has 0 aliphatic carbocycles. The minimum atomic E-state index is -6.22. The van der Waals surface area contributed by atoms with E-state index < -0.39 is 64.8 Å². The van der Waals surface area contributed by atoms with Gasteiger partial charge in [-0.1, -0.05) is 3.89 Å². The average molecular weight is 528 g/mol. The second kappa shape index (κ2) is 14.9. The highest BCUT2D eigenvalue weighted by Crippen LogP contribution is 2.32. The van der Waals surface area contributed by atoms with Crippen molar-refractivity contribution in [2.75, 3.05) is 0 Å². The molecular weight excluding hydrogens is 528 g/mol. The molecule has 0 amide bonds. The monoisotopic (exact) mass is 528 g/mol. The van der Waals surface area contributed by atoms with Gasteiger partial charge in [-0.3, -0.25) is 12.9 Å². The van der Waals surface area contributed by atoms with Gasteiger partial charge in [-0.15, -0.1) is 12.6 Å². The largest absolute Gasteiger partial charge is 0.762 e. The molecule has 30 heavy (non-hydrogen) atoms. The predicted molar refractivity (Wildman–Crippen MR) is 61.6 cm³/mol. The van der Waals surface area contributed by atoms with Gasteiger partial charge in [0.05, 0.1) is 0 Å². The molecule has 0 aliphatic heterocycles. The number of rotatable bonds is 3. The van der Waals surface area contributed by atoms with Crippen molar-refractivity contribution in [1.82, 2.24) is 0 Å². The van der Waals surface area contributed by atoms with E-state index in [1.54, 1.807) is 0 Å². The number of hydrogen-bond acceptors (Lipinski definition) is 6. The first kappa shape index (κ1) is 35.5. The van der Waals surface area contributed by atoms with Crippen LogP contribution in [0.1, 0.15) is 0 Å². The molecule has 0 aromatic carbocycles. The molecular formula is C6BF15O6S2. The van der Waals surface area contributed by atoms with Gasteiger partial charge in [-0.05, 0) is 0 Å². The van der Waals surface area contributed by atoms with E-state index in [4.69, 9.17) is 12.6 Å². The first-order chi connectivity index (χ1) is 12.9. The van der Waals surface area contributed by atoms with Crippen molar-refractivity contribution >= 4 is 28.7 Å². The fourth-order valence-corrected chi connectivity index (χ4v) is 0.702. The molecule has 180 valence electrons. The number of halogens is 15. The molecule has 0 saturated carbocycles. The Morgan fingerprint density at radius 3 is 1.07 bits per heavy atom. The van der Waals surface area contributed by atoms with Crippen LogP contribution in [0.5, 0.6) is 0 Å². The van der Waals surface area contributed by atoms with Gasteiger partial charge >= 0.3 is 53.1 Å². The standard InChI is InChI=1S/C3F6O3S.C3F6.BF3.O3S/c4-1(2(5)6)3(7,8)12-13(9,10)11;4-1(2(5)6)3(7,8)9;2-1(3)4;1-4(2)3. The van der Waals surface area contributed by atoms with Crippen LogP contribution in [0.3, 0.4) is 0 Å². The molecule has 6 nitrogen and oxygen atoms in total. The highest BCUT2D eigenvalue weighted by molar-refractivity contribution is 7.81. The molecule has 24 heteroatoms. The molecule has 0 N–H and O–H groups in total. The van der Waals surface area contributed by atoms with E-state index in [0.717, 1.165) is 0 Å². The second-order valence-corrected chi connectivity index (χ2v) is 4.45. The minimum Gasteiger partial charge on any atom is -0.254 e. The number of alkyl halides is 5. The van der Waals surface area contributed by atoms with Crippen LogP contribution in [0, 0.1) is 0 Å². The Kier molecular flexibility index (Phi) is 17.6. The van der Waals surface area contributed by atoms with Crippen molar-refractivity contribution in [3.8, 4) is 0 Å². The maximum absolute atomic E-state index is 11.8. The van der Waals surface area contributed by atoms with E-state index in [2.05, 4.69) is 4.18 Å². The summed E-state index contributed by atoms with van der Waals surface area (Å²) in [6, 6.07) is 0. The number of allylic oxidation sites excluding steroid dienone is 1. The van der Waals surface area contributed by atoms with Gasteiger partial charge in [0, 0.05) is 0 Å². The van der Waals surface area contributed by atoms with Crippen LogP contribution in [-0.2, 0) is 25.3 Å². The molecule has 0 spiro atoms. The molecule has 0 unspecified atom stereocenters. The SMILES string of the molecule is FB(F)F.FC(F)=C(F)C(F)(F)F.O=S(=O)(F)OC(F)(F)C(F)=C(F)F.O=S(=O)=O. The molecule has 0 aromatic rings. The fraction of sp³-hybridized carbons (Fsp3) is 0.333. The summed E-state index contributed by atoms with van der Waals surface area (Å²) in [4.78, 5) is 0. The van der Waals surface area contributed by atoms with E-state index in [9.17, 15) is 73.5 Å². The molecule has 0 aromatic heterocycles. The average Bonchev–Trinajstić information content (AvgIpc) is 2.41. The highest BCUT2D eigenvalue weighted by atomic mass is 32.3. The van der Waals surface area contributed by atoms with Crippen molar-refractivity contribution in [3.63, 3.8) is 0 Å². The van der Waals surface area contributed by atoms with Crippen LogP contribution in [0.4, 0.5) is 65.1 Å². The predicted octanol–water partition coefficient (Wildman–Crippen LogP) is 4.39. The molecule has 0 saturated heterocycles. The number of hydrogen-bond donors (Lipinski definition) is 0. The van der Waals surface area contributed by atoms with E-state index >= 15 is 0 Å². The van der Waals surface area contributed by atoms with E-state index in [1.165, 1.54) is 0 Å². The summed E-state index contributed by atoms with van der Waals surface area (Å²) in [5.41, 5.74) is 0. The molecule has 0 aliphatic rings. The summed E-state index contributed by atoms with van der Waals surface area (Å²) in [6.07, 6.45) is -17.9. The third-order valence-corrected chi connectivity index (χ3v) is 1.45. The Balaban J connectivity index is -0.000000171. The zero-order chi connectivity index (χ0) is 25.7. The lowest BCUT2D eigenvalue weighted by molar-refractivity contribution is -0.158. The van der Waals surface area contributed by atoms with Gasteiger partial charge in [0.15, 0.2) is 0 Å². The lowest BCUT2D eigenvalue weighted by atomic mass is 10.5. The third kappa shape index (κ3) is 28.2. The van der Waals surface area contributed by atoms with E-state index in [-0.39, 0.29) is 0 Å². The lowest BCUT2D eigenvalue weighted by Gasteiger charge is -2.09. The Labute approximate surface area is 156 Å². The highest BCUT2D eigenvalue weighted by Gasteiger charge is 2.45. The van der Waals surface area contributed by atoms with Crippen LogP contribution >= 0.6 is 0 Å². The van der Waals surface area contributed by atoms with E-state index in [0.29, 0.717) is 0 Å². The van der Waals surface area contributed by atoms with Gasteiger partial charge in [-0.2, -0.15) is 60.9 Å². The van der Waals surface area contributed by atoms with Crippen LogP contribution in [0.2, 0.25) is 0 Å². The van der Waals surface area contributed by atoms with Crippen LogP contribution in [-0.4, -0.2) is 40.9 Å². The Hall–Kier alpha value is -1.98. The van der Waals surface area contributed by atoms with E-state index in [1.807, 2.05) is 0 Å². The van der Waals surface area contributed by atoms with Crippen molar-refractivity contribution in [1.29, 1.82) is 0 Å². The quantitative estimate of drug-likeness (QED) is 0.307. The van der Waals surface area contributed by atoms with Crippen LogP contribution < -0.4 is 0 Å². The summed E-state index contributed by atoms with van der Waals surface area (Å²) in [5.74, 6) is -6.80. The van der Waals surface area contributed by atoms with Crippen molar-refractivity contribution in [2.24, 2.45) is 0 Å².